The summed E-state index contributed by atoms with van der Waals surface area (Å²) >= 11 is 0. The summed E-state index contributed by atoms with van der Waals surface area (Å²) in [5.41, 5.74) is 2.50. The molecule has 2 aromatic heterocycles. The molecule has 1 fully saturated rings. The van der Waals surface area contributed by atoms with Crippen LogP contribution in [-0.4, -0.2) is 37.4 Å². The lowest BCUT2D eigenvalue weighted by Crippen LogP contribution is -2.39. The normalized spacial score (nSPS) is 18.8. The number of aliphatic hydroxyl groups excluding tert-OH is 1. The second-order valence-corrected chi connectivity index (χ2v) is 6.49. The van der Waals surface area contributed by atoms with Gasteiger partial charge in [-0.2, -0.15) is 5.10 Å². The number of aryl methyl sites for hydroxylation is 1. The Labute approximate surface area is 133 Å². The van der Waals surface area contributed by atoms with Gasteiger partial charge in [0.05, 0.1) is 36.6 Å². The summed E-state index contributed by atoms with van der Waals surface area (Å²) in [5.74, 6) is 0.980. The molecule has 1 aliphatic heterocycles. The van der Waals surface area contributed by atoms with Gasteiger partial charge in [0, 0.05) is 12.6 Å². The monoisotopic (exact) mass is 316 g/mol. The maximum atomic E-state index is 12.4. The van der Waals surface area contributed by atoms with Crippen LogP contribution in [0.25, 0.3) is 0 Å². The second kappa shape index (κ2) is 5.49. The first-order valence-corrected chi connectivity index (χ1v) is 8.05. The predicted molar refractivity (Wildman–Crippen MR) is 80.3 cm³/mol. The molecule has 0 spiro atoms. The van der Waals surface area contributed by atoms with Crippen LogP contribution in [-0.2, 0) is 24.3 Å². The van der Waals surface area contributed by atoms with Gasteiger partial charge in [0.15, 0.2) is 0 Å². The summed E-state index contributed by atoms with van der Waals surface area (Å²) in [7, 11) is 0. The van der Waals surface area contributed by atoms with Crippen LogP contribution in [0.15, 0.2) is 16.7 Å². The van der Waals surface area contributed by atoms with Crippen molar-refractivity contribution in [2.75, 3.05) is 6.54 Å². The largest absolute Gasteiger partial charge is 0.386 e. The fourth-order valence-corrected chi connectivity index (χ4v) is 3.06. The minimum absolute atomic E-state index is 0.0258. The van der Waals surface area contributed by atoms with E-state index in [-0.39, 0.29) is 12.3 Å². The maximum absolute atomic E-state index is 12.4. The molecule has 0 bridgehead atoms. The number of hydrogen-bond donors (Lipinski definition) is 1. The van der Waals surface area contributed by atoms with E-state index in [4.69, 9.17) is 4.52 Å². The standard InChI is InChI=1S/C16H20N4O3/c1-10-6-13(23-18-10)8-15(21)19-4-5-20-12(9-19)7-14(17-20)16(22)11-2-3-11/h6-7,11,16,22H,2-5,8-9H2,1H3/t16-/m0/s1. The third-order valence-electron chi connectivity index (χ3n) is 4.54. The average Bonchev–Trinajstić information content (AvgIpc) is 3.17. The summed E-state index contributed by atoms with van der Waals surface area (Å²) in [4.78, 5) is 14.2. The minimum atomic E-state index is -0.464. The number of carbonyl (C=O) groups is 1. The molecule has 3 heterocycles. The maximum Gasteiger partial charge on any atom is 0.230 e. The van der Waals surface area contributed by atoms with Crippen molar-refractivity contribution in [3.05, 3.63) is 35.0 Å². The van der Waals surface area contributed by atoms with Crippen molar-refractivity contribution in [2.45, 2.75) is 45.4 Å². The Hall–Kier alpha value is -2.15. The van der Waals surface area contributed by atoms with Crippen LogP contribution in [0.1, 0.15) is 41.8 Å². The molecule has 122 valence electrons. The van der Waals surface area contributed by atoms with Gasteiger partial charge in [0.25, 0.3) is 0 Å². The average molecular weight is 316 g/mol. The highest BCUT2D eigenvalue weighted by Crippen LogP contribution is 2.40. The van der Waals surface area contributed by atoms with Crippen LogP contribution in [0.4, 0.5) is 0 Å². The van der Waals surface area contributed by atoms with Crippen molar-refractivity contribution in [3.63, 3.8) is 0 Å². The van der Waals surface area contributed by atoms with Gasteiger partial charge in [-0.05, 0) is 31.7 Å². The highest BCUT2D eigenvalue weighted by atomic mass is 16.5. The molecule has 1 N–H and O–H groups in total. The van der Waals surface area contributed by atoms with Gasteiger partial charge >= 0.3 is 0 Å². The van der Waals surface area contributed by atoms with E-state index < -0.39 is 6.10 Å². The second-order valence-electron chi connectivity index (χ2n) is 6.49. The van der Waals surface area contributed by atoms with E-state index in [0.29, 0.717) is 31.3 Å². The third kappa shape index (κ3) is 2.88. The third-order valence-corrected chi connectivity index (χ3v) is 4.54. The lowest BCUT2D eigenvalue weighted by atomic mass is 10.1. The molecule has 0 unspecified atom stereocenters. The molecule has 1 amide bonds. The first-order valence-electron chi connectivity index (χ1n) is 8.05. The van der Waals surface area contributed by atoms with Crippen LogP contribution in [0.3, 0.4) is 0 Å². The number of aliphatic hydroxyl groups is 1. The smallest absolute Gasteiger partial charge is 0.230 e. The Bertz CT molecular complexity index is 732. The molecular formula is C16H20N4O3. The van der Waals surface area contributed by atoms with Crippen LogP contribution in [0, 0.1) is 12.8 Å². The van der Waals surface area contributed by atoms with Crippen molar-refractivity contribution in [2.24, 2.45) is 5.92 Å². The Balaban J connectivity index is 1.44. The quantitative estimate of drug-likeness (QED) is 0.916. The molecule has 23 heavy (non-hydrogen) atoms. The molecule has 2 aromatic rings. The van der Waals surface area contributed by atoms with Crippen LogP contribution >= 0.6 is 0 Å². The van der Waals surface area contributed by atoms with E-state index in [1.807, 2.05) is 22.6 Å². The Morgan fingerprint density at radius 3 is 2.96 bits per heavy atom. The molecule has 7 nitrogen and oxygen atoms in total. The number of amides is 1. The van der Waals surface area contributed by atoms with Crippen molar-refractivity contribution < 1.29 is 14.4 Å². The number of nitrogens with zero attached hydrogens (tertiary/aromatic N) is 4. The zero-order valence-corrected chi connectivity index (χ0v) is 13.1. The highest BCUT2D eigenvalue weighted by Gasteiger charge is 2.33. The molecule has 2 aliphatic rings. The Morgan fingerprint density at radius 1 is 1.43 bits per heavy atom. The van der Waals surface area contributed by atoms with Gasteiger partial charge in [-0.3, -0.25) is 9.48 Å². The van der Waals surface area contributed by atoms with Crippen LogP contribution in [0.5, 0.6) is 0 Å². The predicted octanol–water partition coefficient (Wildman–Crippen LogP) is 1.21. The van der Waals surface area contributed by atoms with Crippen molar-refractivity contribution >= 4 is 5.91 Å². The Kier molecular flexibility index (Phi) is 3.45. The van der Waals surface area contributed by atoms with E-state index in [1.54, 1.807) is 6.07 Å². The summed E-state index contributed by atoms with van der Waals surface area (Å²) in [5, 5.41) is 18.5. The Morgan fingerprint density at radius 2 is 2.26 bits per heavy atom. The van der Waals surface area contributed by atoms with Gasteiger partial charge < -0.3 is 14.5 Å². The van der Waals surface area contributed by atoms with Gasteiger partial charge in [-0.15, -0.1) is 0 Å². The molecular weight excluding hydrogens is 296 g/mol. The number of aromatic nitrogens is 3. The SMILES string of the molecule is Cc1cc(CC(=O)N2CCn3nc([C@@H](O)C4CC4)cc3C2)on1. The number of fused-ring (bicyclic) bond motifs is 1. The van der Waals surface area contributed by atoms with Crippen molar-refractivity contribution in [3.8, 4) is 0 Å². The first kappa shape index (κ1) is 14.4. The molecule has 1 saturated carbocycles. The number of carbonyl (C=O) groups excluding carboxylic acids is 1. The van der Waals surface area contributed by atoms with E-state index in [1.165, 1.54) is 0 Å². The molecule has 7 heteroatoms. The molecule has 0 saturated heterocycles. The summed E-state index contributed by atoms with van der Waals surface area (Å²) in [6.45, 7) is 3.65. The van der Waals surface area contributed by atoms with E-state index in [9.17, 15) is 9.90 Å². The van der Waals surface area contributed by atoms with E-state index in [2.05, 4.69) is 10.3 Å². The summed E-state index contributed by atoms with van der Waals surface area (Å²) < 4.78 is 7.02. The van der Waals surface area contributed by atoms with Gasteiger partial charge in [-0.1, -0.05) is 5.16 Å². The molecule has 0 radical (unpaired) electrons. The van der Waals surface area contributed by atoms with E-state index in [0.717, 1.165) is 29.9 Å². The minimum Gasteiger partial charge on any atom is -0.386 e. The lowest BCUT2D eigenvalue weighted by molar-refractivity contribution is -0.132. The topological polar surface area (TPSA) is 84.4 Å². The number of hydrogen-bond acceptors (Lipinski definition) is 5. The van der Waals surface area contributed by atoms with Gasteiger partial charge in [0.1, 0.15) is 11.9 Å². The summed E-state index contributed by atoms with van der Waals surface area (Å²) in [6.07, 6.45) is 1.91. The van der Waals surface area contributed by atoms with Crippen LogP contribution in [0.2, 0.25) is 0 Å². The molecule has 1 atom stereocenters. The number of rotatable bonds is 4. The zero-order chi connectivity index (χ0) is 16.0. The van der Waals surface area contributed by atoms with Crippen molar-refractivity contribution in [1.29, 1.82) is 0 Å². The zero-order valence-electron chi connectivity index (χ0n) is 13.1. The fourth-order valence-electron chi connectivity index (χ4n) is 3.06. The highest BCUT2D eigenvalue weighted by molar-refractivity contribution is 5.78. The van der Waals surface area contributed by atoms with Crippen molar-refractivity contribution in [1.82, 2.24) is 19.8 Å². The van der Waals surface area contributed by atoms with Gasteiger partial charge in [0.2, 0.25) is 5.91 Å². The van der Waals surface area contributed by atoms with Gasteiger partial charge in [-0.25, -0.2) is 0 Å². The first-order chi connectivity index (χ1) is 11.1. The lowest BCUT2D eigenvalue weighted by Gasteiger charge is -2.27. The van der Waals surface area contributed by atoms with Crippen LogP contribution < -0.4 is 0 Å². The molecule has 0 aromatic carbocycles. The molecule has 1 aliphatic carbocycles. The van der Waals surface area contributed by atoms with E-state index >= 15 is 0 Å². The summed E-state index contributed by atoms with van der Waals surface area (Å²) in [6, 6.07) is 3.72. The fraction of sp³-hybridized carbons (Fsp3) is 0.562. The molecule has 4 rings (SSSR count).